The van der Waals surface area contributed by atoms with Crippen molar-refractivity contribution in [2.75, 3.05) is 18.0 Å². The largest absolute Gasteiger partial charge is 0.481 e. The van der Waals surface area contributed by atoms with E-state index in [1.165, 1.54) is 0 Å². The number of carboxylic acids is 1. The number of aryl methyl sites for hydroxylation is 1. The topological polar surface area (TPSA) is 66.3 Å². The van der Waals surface area contributed by atoms with Crippen LogP contribution in [-0.4, -0.2) is 34.1 Å². The number of carbonyl (C=O) groups is 1. The number of hydrogen-bond donors (Lipinski definition) is 1. The second kappa shape index (κ2) is 4.87. The predicted octanol–water partition coefficient (Wildman–Crippen LogP) is 1.74. The molecule has 1 aromatic rings. The molecule has 1 fully saturated rings. The average molecular weight is 256 g/mol. The number of hydrogen-bond acceptors (Lipinski definition) is 4. The number of anilines is 1. The molecular formula is C11H14ClN3O2. The van der Waals surface area contributed by atoms with Gasteiger partial charge in [-0.2, -0.15) is 0 Å². The van der Waals surface area contributed by atoms with Gasteiger partial charge in [-0.25, -0.2) is 9.97 Å². The molecule has 6 heteroatoms. The third-order valence-electron chi connectivity index (χ3n) is 2.94. The van der Waals surface area contributed by atoms with Crippen LogP contribution in [0.1, 0.15) is 18.5 Å². The molecule has 0 bridgehead atoms. The third-order valence-corrected chi connectivity index (χ3v) is 3.13. The average Bonchev–Trinajstić information content (AvgIpc) is 2.28. The highest BCUT2D eigenvalue weighted by molar-refractivity contribution is 6.29. The van der Waals surface area contributed by atoms with Crippen LogP contribution in [-0.2, 0) is 4.79 Å². The van der Waals surface area contributed by atoms with Crippen molar-refractivity contribution >= 4 is 23.5 Å². The molecule has 0 amide bonds. The van der Waals surface area contributed by atoms with E-state index in [4.69, 9.17) is 16.7 Å². The summed E-state index contributed by atoms with van der Waals surface area (Å²) < 4.78 is 0. The Bertz CT molecular complexity index is 410. The monoisotopic (exact) mass is 255 g/mol. The minimum atomic E-state index is -0.715. The maximum absolute atomic E-state index is 10.8. The highest BCUT2D eigenvalue weighted by Gasteiger charge is 2.25. The van der Waals surface area contributed by atoms with Gasteiger partial charge >= 0.3 is 5.97 Å². The summed E-state index contributed by atoms with van der Waals surface area (Å²) in [5.74, 6) is -0.363. The highest BCUT2D eigenvalue weighted by atomic mass is 35.5. The SMILES string of the molecule is Cc1cc(Cl)nc(N2CCC(C(=O)O)CC2)n1. The molecule has 0 radical (unpaired) electrons. The van der Waals surface area contributed by atoms with Gasteiger partial charge in [0.15, 0.2) is 0 Å². The van der Waals surface area contributed by atoms with E-state index in [2.05, 4.69) is 9.97 Å². The van der Waals surface area contributed by atoms with E-state index in [9.17, 15) is 4.79 Å². The van der Waals surface area contributed by atoms with Crippen LogP contribution in [0.15, 0.2) is 6.07 Å². The number of halogens is 1. The van der Waals surface area contributed by atoms with Crippen molar-refractivity contribution in [3.8, 4) is 0 Å². The summed E-state index contributed by atoms with van der Waals surface area (Å²) in [7, 11) is 0. The minimum absolute atomic E-state index is 0.244. The van der Waals surface area contributed by atoms with Crippen LogP contribution < -0.4 is 4.90 Å². The zero-order chi connectivity index (χ0) is 12.4. The lowest BCUT2D eigenvalue weighted by atomic mass is 9.97. The van der Waals surface area contributed by atoms with Crippen LogP contribution in [0.25, 0.3) is 0 Å². The zero-order valence-electron chi connectivity index (χ0n) is 9.56. The molecule has 2 rings (SSSR count). The summed E-state index contributed by atoms with van der Waals surface area (Å²) in [6.45, 7) is 3.19. The maximum Gasteiger partial charge on any atom is 0.306 e. The summed E-state index contributed by atoms with van der Waals surface area (Å²) in [6.07, 6.45) is 1.26. The quantitative estimate of drug-likeness (QED) is 0.816. The van der Waals surface area contributed by atoms with Crippen LogP contribution in [0.3, 0.4) is 0 Å². The minimum Gasteiger partial charge on any atom is -0.481 e. The Morgan fingerprint density at radius 3 is 2.65 bits per heavy atom. The van der Waals surface area contributed by atoms with Crippen LogP contribution in [0, 0.1) is 12.8 Å². The highest BCUT2D eigenvalue weighted by Crippen LogP contribution is 2.22. The summed E-state index contributed by atoms with van der Waals surface area (Å²) in [4.78, 5) is 21.3. The molecule has 5 nitrogen and oxygen atoms in total. The lowest BCUT2D eigenvalue weighted by Crippen LogP contribution is -2.37. The Morgan fingerprint density at radius 1 is 1.47 bits per heavy atom. The number of rotatable bonds is 2. The summed E-state index contributed by atoms with van der Waals surface area (Å²) >= 11 is 5.88. The molecule has 0 atom stereocenters. The van der Waals surface area contributed by atoms with Gasteiger partial charge in [-0.15, -0.1) is 0 Å². The maximum atomic E-state index is 10.8. The normalized spacial score (nSPS) is 17.2. The Labute approximate surface area is 104 Å². The van der Waals surface area contributed by atoms with Gasteiger partial charge < -0.3 is 10.0 Å². The molecule has 17 heavy (non-hydrogen) atoms. The molecule has 92 valence electrons. The first kappa shape index (κ1) is 12.1. The van der Waals surface area contributed by atoms with E-state index in [1.807, 2.05) is 11.8 Å². The van der Waals surface area contributed by atoms with Gasteiger partial charge in [-0.05, 0) is 25.8 Å². The van der Waals surface area contributed by atoms with Crippen molar-refractivity contribution in [2.45, 2.75) is 19.8 Å². The molecular weight excluding hydrogens is 242 g/mol. The fourth-order valence-electron chi connectivity index (χ4n) is 1.98. The Kier molecular flexibility index (Phi) is 3.47. The van der Waals surface area contributed by atoms with Crippen molar-refractivity contribution in [1.82, 2.24) is 9.97 Å². The number of carboxylic acid groups (broad SMARTS) is 1. The number of piperidine rings is 1. The van der Waals surface area contributed by atoms with Crippen molar-refractivity contribution in [2.24, 2.45) is 5.92 Å². The smallest absolute Gasteiger partial charge is 0.306 e. The second-order valence-corrected chi connectivity index (χ2v) is 4.62. The van der Waals surface area contributed by atoms with Crippen LogP contribution in [0.4, 0.5) is 5.95 Å². The van der Waals surface area contributed by atoms with E-state index in [1.54, 1.807) is 6.07 Å². The first-order valence-corrected chi connectivity index (χ1v) is 5.93. The fourth-order valence-corrected chi connectivity index (χ4v) is 2.22. The first-order chi connectivity index (χ1) is 8.06. The summed E-state index contributed by atoms with van der Waals surface area (Å²) in [5.41, 5.74) is 0.820. The van der Waals surface area contributed by atoms with Gasteiger partial charge in [0.2, 0.25) is 5.95 Å². The van der Waals surface area contributed by atoms with Crippen molar-refractivity contribution in [3.63, 3.8) is 0 Å². The molecule has 0 saturated carbocycles. The van der Waals surface area contributed by atoms with Crippen LogP contribution in [0.5, 0.6) is 0 Å². The first-order valence-electron chi connectivity index (χ1n) is 5.55. The summed E-state index contributed by atoms with van der Waals surface area (Å²) in [6, 6.07) is 1.70. The number of aliphatic carboxylic acids is 1. The van der Waals surface area contributed by atoms with Crippen molar-refractivity contribution in [3.05, 3.63) is 16.9 Å². The van der Waals surface area contributed by atoms with Gasteiger partial charge in [0.1, 0.15) is 5.15 Å². The molecule has 1 aromatic heterocycles. The Hall–Kier alpha value is -1.36. The van der Waals surface area contributed by atoms with E-state index in [0.29, 0.717) is 37.0 Å². The van der Waals surface area contributed by atoms with E-state index >= 15 is 0 Å². The van der Waals surface area contributed by atoms with Crippen LogP contribution >= 0.6 is 11.6 Å². The zero-order valence-corrected chi connectivity index (χ0v) is 10.3. The van der Waals surface area contributed by atoms with Gasteiger partial charge in [-0.3, -0.25) is 4.79 Å². The predicted molar refractivity (Wildman–Crippen MR) is 64.4 cm³/mol. The lowest BCUT2D eigenvalue weighted by molar-refractivity contribution is -0.142. The van der Waals surface area contributed by atoms with E-state index in [-0.39, 0.29) is 5.92 Å². The van der Waals surface area contributed by atoms with Crippen molar-refractivity contribution < 1.29 is 9.90 Å². The molecule has 1 aliphatic rings. The van der Waals surface area contributed by atoms with Gasteiger partial charge in [-0.1, -0.05) is 11.6 Å². The molecule has 0 aliphatic carbocycles. The van der Waals surface area contributed by atoms with E-state index in [0.717, 1.165) is 5.69 Å². The van der Waals surface area contributed by atoms with Crippen LogP contribution in [0.2, 0.25) is 5.15 Å². The van der Waals surface area contributed by atoms with Gasteiger partial charge in [0, 0.05) is 18.8 Å². The molecule has 1 saturated heterocycles. The fraction of sp³-hybridized carbons (Fsp3) is 0.545. The number of nitrogens with zero attached hydrogens (tertiary/aromatic N) is 3. The van der Waals surface area contributed by atoms with E-state index < -0.39 is 5.97 Å². The molecule has 0 spiro atoms. The third kappa shape index (κ3) is 2.85. The standard InChI is InChI=1S/C11H14ClN3O2/c1-7-6-9(12)14-11(13-7)15-4-2-8(3-5-15)10(16)17/h6,8H,2-5H2,1H3,(H,16,17). The Balaban J connectivity index is 2.07. The molecule has 1 aliphatic heterocycles. The molecule has 2 heterocycles. The van der Waals surface area contributed by atoms with Gasteiger partial charge in [0.05, 0.1) is 5.92 Å². The lowest BCUT2D eigenvalue weighted by Gasteiger charge is -2.30. The van der Waals surface area contributed by atoms with Gasteiger partial charge in [0.25, 0.3) is 0 Å². The molecule has 0 unspecified atom stereocenters. The Morgan fingerprint density at radius 2 is 2.12 bits per heavy atom. The molecule has 0 aromatic carbocycles. The second-order valence-electron chi connectivity index (χ2n) is 4.23. The summed E-state index contributed by atoms with van der Waals surface area (Å²) in [5, 5.41) is 9.34. The van der Waals surface area contributed by atoms with Crippen molar-refractivity contribution in [1.29, 1.82) is 0 Å². The molecule has 1 N–H and O–H groups in total. The number of aromatic nitrogens is 2.